The molecule has 2 aromatic carbocycles. The molecule has 1 N–H and O–H groups in total. The Labute approximate surface area is 116 Å². The SMILES string of the molecule is COc1cc(C(O)c2cccc(C)c2F)ccc1Cl. The summed E-state index contributed by atoms with van der Waals surface area (Å²) in [5.74, 6) is 0.0511. The Morgan fingerprint density at radius 3 is 2.68 bits per heavy atom. The molecular weight excluding hydrogens is 267 g/mol. The first kappa shape index (κ1) is 13.8. The Morgan fingerprint density at radius 1 is 1.26 bits per heavy atom. The van der Waals surface area contributed by atoms with E-state index in [1.807, 2.05) is 0 Å². The van der Waals surface area contributed by atoms with Gasteiger partial charge in [0.1, 0.15) is 17.7 Å². The monoisotopic (exact) mass is 280 g/mol. The number of methoxy groups -OCH3 is 1. The molecule has 2 rings (SSSR count). The van der Waals surface area contributed by atoms with Gasteiger partial charge >= 0.3 is 0 Å². The minimum atomic E-state index is -1.05. The third-order valence-electron chi connectivity index (χ3n) is 3.01. The number of benzene rings is 2. The van der Waals surface area contributed by atoms with Crippen LogP contribution in [0.3, 0.4) is 0 Å². The average Bonchev–Trinajstić information content (AvgIpc) is 2.41. The van der Waals surface area contributed by atoms with E-state index in [0.717, 1.165) is 0 Å². The number of halogens is 2. The van der Waals surface area contributed by atoms with Crippen molar-refractivity contribution in [3.05, 3.63) is 63.9 Å². The molecule has 2 aromatic rings. The molecule has 0 saturated heterocycles. The summed E-state index contributed by atoms with van der Waals surface area (Å²) in [7, 11) is 1.49. The van der Waals surface area contributed by atoms with Crippen LogP contribution < -0.4 is 4.74 Å². The number of ether oxygens (including phenoxy) is 1. The molecule has 0 aliphatic rings. The van der Waals surface area contributed by atoms with Gasteiger partial charge in [0.25, 0.3) is 0 Å². The van der Waals surface area contributed by atoms with Gasteiger partial charge in [-0.25, -0.2) is 4.39 Å². The van der Waals surface area contributed by atoms with Crippen molar-refractivity contribution in [1.82, 2.24) is 0 Å². The number of aliphatic hydroxyl groups excluding tert-OH is 1. The van der Waals surface area contributed by atoms with Crippen molar-refractivity contribution in [1.29, 1.82) is 0 Å². The maximum atomic E-state index is 14.0. The van der Waals surface area contributed by atoms with Gasteiger partial charge < -0.3 is 9.84 Å². The van der Waals surface area contributed by atoms with E-state index in [4.69, 9.17) is 16.3 Å². The summed E-state index contributed by atoms with van der Waals surface area (Å²) in [5.41, 5.74) is 1.27. The Balaban J connectivity index is 2.44. The Hall–Kier alpha value is -1.58. The van der Waals surface area contributed by atoms with Crippen molar-refractivity contribution in [2.45, 2.75) is 13.0 Å². The van der Waals surface area contributed by atoms with Gasteiger partial charge in [-0.2, -0.15) is 0 Å². The average molecular weight is 281 g/mol. The summed E-state index contributed by atoms with van der Waals surface area (Å²) >= 11 is 5.92. The number of aryl methyl sites for hydroxylation is 1. The lowest BCUT2D eigenvalue weighted by molar-refractivity contribution is 0.214. The minimum Gasteiger partial charge on any atom is -0.495 e. The van der Waals surface area contributed by atoms with Crippen LogP contribution in [-0.4, -0.2) is 12.2 Å². The van der Waals surface area contributed by atoms with Gasteiger partial charge in [0.2, 0.25) is 0 Å². The zero-order chi connectivity index (χ0) is 14.0. The van der Waals surface area contributed by atoms with E-state index >= 15 is 0 Å². The second kappa shape index (κ2) is 5.59. The van der Waals surface area contributed by atoms with Crippen molar-refractivity contribution in [2.24, 2.45) is 0 Å². The van der Waals surface area contributed by atoms with E-state index in [2.05, 4.69) is 0 Å². The molecule has 1 unspecified atom stereocenters. The van der Waals surface area contributed by atoms with Crippen molar-refractivity contribution in [3.63, 3.8) is 0 Å². The van der Waals surface area contributed by atoms with Gasteiger partial charge in [-0.05, 0) is 30.2 Å². The number of hydrogen-bond donors (Lipinski definition) is 1. The highest BCUT2D eigenvalue weighted by atomic mass is 35.5. The van der Waals surface area contributed by atoms with Crippen molar-refractivity contribution in [3.8, 4) is 5.75 Å². The normalized spacial score (nSPS) is 12.3. The molecule has 0 radical (unpaired) electrons. The lowest BCUT2D eigenvalue weighted by atomic mass is 9.99. The second-order valence-corrected chi connectivity index (χ2v) is 4.68. The number of rotatable bonds is 3. The first-order valence-corrected chi connectivity index (χ1v) is 6.19. The fraction of sp³-hybridized carbons (Fsp3) is 0.200. The molecule has 0 aliphatic carbocycles. The second-order valence-electron chi connectivity index (χ2n) is 4.27. The molecular formula is C15H14ClFO2. The van der Waals surface area contributed by atoms with Crippen molar-refractivity contribution < 1.29 is 14.2 Å². The van der Waals surface area contributed by atoms with Gasteiger partial charge in [0.15, 0.2) is 0 Å². The molecule has 100 valence electrons. The predicted octanol–water partition coefficient (Wildman–Crippen LogP) is 3.88. The lowest BCUT2D eigenvalue weighted by Crippen LogP contribution is -2.04. The summed E-state index contributed by atoms with van der Waals surface area (Å²) < 4.78 is 19.1. The van der Waals surface area contributed by atoms with E-state index in [1.165, 1.54) is 7.11 Å². The van der Waals surface area contributed by atoms with E-state index in [0.29, 0.717) is 21.9 Å². The van der Waals surface area contributed by atoms with E-state index in [-0.39, 0.29) is 5.56 Å². The van der Waals surface area contributed by atoms with Crippen LogP contribution in [0.25, 0.3) is 0 Å². The maximum absolute atomic E-state index is 14.0. The number of hydrogen-bond acceptors (Lipinski definition) is 2. The van der Waals surface area contributed by atoms with E-state index in [1.54, 1.807) is 43.3 Å². The standard InChI is InChI=1S/C15H14ClFO2/c1-9-4-3-5-11(14(9)17)15(18)10-6-7-12(16)13(8-10)19-2/h3-8,15,18H,1-2H3. The first-order valence-electron chi connectivity index (χ1n) is 5.81. The van der Waals surface area contributed by atoms with Crippen LogP contribution >= 0.6 is 11.6 Å². The molecule has 0 amide bonds. The highest BCUT2D eigenvalue weighted by Crippen LogP contribution is 2.31. The summed E-state index contributed by atoms with van der Waals surface area (Å²) in [5, 5.41) is 10.7. The maximum Gasteiger partial charge on any atom is 0.137 e. The highest BCUT2D eigenvalue weighted by Gasteiger charge is 2.17. The molecule has 0 aliphatic heterocycles. The molecule has 0 saturated carbocycles. The highest BCUT2D eigenvalue weighted by molar-refractivity contribution is 6.32. The third-order valence-corrected chi connectivity index (χ3v) is 3.32. The fourth-order valence-electron chi connectivity index (χ4n) is 1.91. The molecule has 0 heterocycles. The van der Waals surface area contributed by atoms with Crippen LogP contribution in [0.1, 0.15) is 22.8 Å². The van der Waals surface area contributed by atoms with Gasteiger partial charge in [0.05, 0.1) is 12.1 Å². The van der Waals surface area contributed by atoms with Crippen LogP contribution in [0.15, 0.2) is 36.4 Å². The molecule has 0 aromatic heterocycles. The van der Waals surface area contributed by atoms with E-state index in [9.17, 15) is 9.50 Å². The van der Waals surface area contributed by atoms with Gasteiger partial charge in [-0.1, -0.05) is 35.9 Å². The first-order chi connectivity index (χ1) is 9.04. The zero-order valence-electron chi connectivity index (χ0n) is 10.7. The van der Waals surface area contributed by atoms with Gasteiger partial charge in [0, 0.05) is 5.56 Å². The van der Waals surface area contributed by atoms with Crippen molar-refractivity contribution >= 4 is 11.6 Å². The van der Waals surface area contributed by atoms with E-state index < -0.39 is 11.9 Å². The Bertz CT molecular complexity index is 599. The summed E-state index contributed by atoms with van der Waals surface area (Å²) in [4.78, 5) is 0. The zero-order valence-corrected chi connectivity index (χ0v) is 11.4. The fourth-order valence-corrected chi connectivity index (χ4v) is 2.10. The molecule has 0 fully saturated rings. The number of aliphatic hydroxyl groups is 1. The summed E-state index contributed by atoms with van der Waals surface area (Å²) in [6.45, 7) is 1.66. The molecule has 19 heavy (non-hydrogen) atoms. The molecule has 0 bridgehead atoms. The van der Waals surface area contributed by atoms with Gasteiger partial charge in [-0.15, -0.1) is 0 Å². The Kier molecular flexibility index (Phi) is 4.08. The molecule has 1 atom stereocenters. The van der Waals surface area contributed by atoms with Crippen molar-refractivity contribution in [2.75, 3.05) is 7.11 Å². The topological polar surface area (TPSA) is 29.5 Å². The largest absolute Gasteiger partial charge is 0.495 e. The lowest BCUT2D eigenvalue weighted by Gasteiger charge is -2.15. The summed E-state index contributed by atoms with van der Waals surface area (Å²) in [6.07, 6.45) is -1.05. The predicted molar refractivity (Wildman–Crippen MR) is 73.2 cm³/mol. The van der Waals surface area contributed by atoms with Crippen LogP contribution in [-0.2, 0) is 0 Å². The molecule has 0 spiro atoms. The Morgan fingerprint density at radius 2 is 2.00 bits per heavy atom. The quantitative estimate of drug-likeness (QED) is 0.924. The molecule has 4 heteroatoms. The molecule has 2 nitrogen and oxygen atoms in total. The third kappa shape index (κ3) is 2.72. The minimum absolute atomic E-state index is 0.240. The van der Waals surface area contributed by atoms with Gasteiger partial charge in [-0.3, -0.25) is 0 Å². The smallest absolute Gasteiger partial charge is 0.137 e. The summed E-state index contributed by atoms with van der Waals surface area (Å²) in [6, 6.07) is 9.81. The van der Waals surface area contributed by atoms with Crippen LogP contribution in [0.2, 0.25) is 5.02 Å². The van der Waals surface area contributed by atoms with Crippen LogP contribution in [0, 0.1) is 12.7 Å². The van der Waals surface area contributed by atoms with Crippen LogP contribution in [0.5, 0.6) is 5.75 Å². The van der Waals surface area contributed by atoms with Crippen LogP contribution in [0.4, 0.5) is 4.39 Å².